The third-order valence-electron chi connectivity index (χ3n) is 5.72. The number of amides is 1. The van der Waals surface area contributed by atoms with Crippen LogP contribution in [0.1, 0.15) is 42.3 Å². The van der Waals surface area contributed by atoms with E-state index in [4.69, 9.17) is 4.74 Å². The number of carbonyl (C=O) groups is 1. The monoisotopic (exact) mass is 373 g/mol. The summed E-state index contributed by atoms with van der Waals surface area (Å²) >= 11 is 0. The van der Waals surface area contributed by atoms with E-state index in [1.54, 1.807) is 18.2 Å². The van der Waals surface area contributed by atoms with Crippen LogP contribution in [0.2, 0.25) is 0 Å². The Labute approximate surface area is 159 Å². The normalized spacial score (nSPS) is 17.5. The Morgan fingerprint density at radius 2 is 2.00 bits per heavy atom. The van der Waals surface area contributed by atoms with E-state index in [9.17, 15) is 9.18 Å². The van der Waals surface area contributed by atoms with Crippen molar-refractivity contribution in [3.05, 3.63) is 52.6 Å². The molecule has 1 aromatic heterocycles. The molecule has 27 heavy (non-hydrogen) atoms. The van der Waals surface area contributed by atoms with Crippen LogP contribution in [0.4, 0.5) is 4.39 Å². The zero-order valence-electron chi connectivity index (χ0n) is 16.5. The van der Waals surface area contributed by atoms with Crippen LogP contribution in [0.15, 0.2) is 24.3 Å². The highest BCUT2D eigenvalue weighted by molar-refractivity contribution is 5.88. The van der Waals surface area contributed by atoms with Crippen molar-refractivity contribution >= 4 is 5.91 Å². The first-order valence-corrected chi connectivity index (χ1v) is 9.48. The highest BCUT2D eigenvalue weighted by Gasteiger charge is 2.43. The number of aromatic nitrogens is 2. The summed E-state index contributed by atoms with van der Waals surface area (Å²) in [5.74, 6) is -0.455. The highest BCUT2D eigenvalue weighted by Crippen LogP contribution is 2.36. The Hall–Kier alpha value is -2.21. The molecule has 1 aromatic carbocycles. The maximum absolute atomic E-state index is 14.5. The van der Waals surface area contributed by atoms with Crippen LogP contribution < -0.4 is 5.32 Å². The van der Waals surface area contributed by atoms with Crippen molar-refractivity contribution in [2.45, 2.75) is 51.5 Å². The zero-order valence-corrected chi connectivity index (χ0v) is 16.5. The number of hydrogen-bond acceptors (Lipinski definition) is 3. The molecule has 0 saturated carbocycles. The van der Waals surface area contributed by atoms with Crippen LogP contribution in [0, 0.1) is 19.7 Å². The average molecular weight is 373 g/mol. The lowest BCUT2D eigenvalue weighted by Gasteiger charge is -2.37. The van der Waals surface area contributed by atoms with E-state index >= 15 is 0 Å². The highest BCUT2D eigenvalue weighted by atomic mass is 19.1. The van der Waals surface area contributed by atoms with Gasteiger partial charge in [-0.05, 0) is 51.7 Å². The van der Waals surface area contributed by atoms with Crippen molar-refractivity contribution in [3.63, 3.8) is 0 Å². The fourth-order valence-corrected chi connectivity index (χ4v) is 4.02. The summed E-state index contributed by atoms with van der Waals surface area (Å²) in [6.45, 7) is 6.91. The molecule has 146 valence electrons. The van der Waals surface area contributed by atoms with Crippen LogP contribution in [0.5, 0.6) is 0 Å². The van der Waals surface area contributed by atoms with Crippen LogP contribution in [-0.2, 0) is 28.4 Å². The summed E-state index contributed by atoms with van der Waals surface area (Å²) in [6, 6.07) is 6.51. The van der Waals surface area contributed by atoms with Crippen LogP contribution in [-0.4, -0.2) is 34.9 Å². The van der Waals surface area contributed by atoms with Crippen molar-refractivity contribution in [2.75, 3.05) is 13.2 Å². The molecule has 1 aliphatic rings. The fraction of sp³-hybridized carbons (Fsp3) is 0.524. The number of halogens is 1. The first-order chi connectivity index (χ1) is 12.8. The smallest absolute Gasteiger partial charge is 0.231 e. The molecule has 0 bridgehead atoms. The van der Waals surface area contributed by atoms with Crippen LogP contribution in [0.25, 0.3) is 0 Å². The number of benzene rings is 1. The Morgan fingerprint density at radius 1 is 1.33 bits per heavy atom. The van der Waals surface area contributed by atoms with Crippen molar-refractivity contribution in [2.24, 2.45) is 7.05 Å². The summed E-state index contributed by atoms with van der Waals surface area (Å²) in [5.41, 5.74) is 2.81. The topological polar surface area (TPSA) is 56.2 Å². The lowest BCUT2D eigenvalue weighted by Crippen LogP contribution is -2.51. The van der Waals surface area contributed by atoms with Crippen LogP contribution in [0.3, 0.4) is 0 Å². The minimum absolute atomic E-state index is 0.0782. The second-order valence-electron chi connectivity index (χ2n) is 7.53. The van der Waals surface area contributed by atoms with Crippen molar-refractivity contribution in [3.8, 4) is 0 Å². The van der Waals surface area contributed by atoms with E-state index in [0.717, 1.165) is 17.0 Å². The number of carbonyl (C=O) groups excluding carboxylic acids is 1. The van der Waals surface area contributed by atoms with E-state index in [0.29, 0.717) is 38.0 Å². The molecule has 1 fully saturated rings. The van der Waals surface area contributed by atoms with Gasteiger partial charge in [0.25, 0.3) is 0 Å². The molecule has 1 amide bonds. The van der Waals surface area contributed by atoms with E-state index in [2.05, 4.69) is 10.4 Å². The zero-order chi connectivity index (χ0) is 19.6. The Kier molecular flexibility index (Phi) is 5.65. The van der Waals surface area contributed by atoms with Gasteiger partial charge in [-0.3, -0.25) is 9.48 Å². The summed E-state index contributed by atoms with van der Waals surface area (Å²) in [7, 11) is 1.92. The number of hydrogen-bond donors (Lipinski definition) is 1. The van der Waals surface area contributed by atoms with Gasteiger partial charge in [0, 0.05) is 37.6 Å². The number of rotatable bonds is 5. The van der Waals surface area contributed by atoms with Gasteiger partial charge >= 0.3 is 0 Å². The SMILES string of the molecule is Cc1nn(C)c(C)c1C[C@H](C)NC(=O)C1(c2ccccc2F)CCOCC1. The van der Waals surface area contributed by atoms with Crippen molar-refractivity contribution in [1.29, 1.82) is 0 Å². The second-order valence-corrected chi connectivity index (χ2v) is 7.53. The molecule has 5 nitrogen and oxygen atoms in total. The number of nitrogens with zero attached hydrogens (tertiary/aromatic N) is 2. The van der Waals surface area contributed by atoms with E-state index in [1.807, 2.05) is 32.5 Å². The summed E-state index contributed by atoms with van der Waals surface area (Å²) in [6.07, 6.45) is 1.66. The van der Waals surface area contributed by atoms with Gasteiger partial charge in [0.2, 0.25) is 5.91 Å². The molecule has 0 aliphatic carbocycles. The van der Waals surface area contributed by atoms with Gasteiger partial charge in [-0.15, -0.1) is 0 Å². The summed E-state index contributed by atoms with van der Waals surface area (Å²) < 4.78 is 21.9. The van der Waals surface area contributed by atoms with Gasteiger partial charge in [0.05, 0.1) is 11.1 Å². The van der Waals surface area contributed by atoms with E-state index < -0.39 is 5.41 Å². The first kappa shape index (κ1) is 19.5. The molecule has 6 heteroatoms. The minimum Gasteiger partial charge on any atom is -0.381 e. The van der Waals surface area contributed by atoms with E-state index in [-0.39, 0.29) is 17.8 Å². The first-order valence-electron chi connectivity index (χ1n) is 9.48. The molecule has 2 heterocycles. The fourth-order valence-electron chi connectivity index (χ4n) is 4.02. The predicted molar refractivity (Wildman–Crippen MR) is 102 cm³/mol. The maximum Gasteiger partial charge on any atom is 0.231 e. The minimum atomic E-state index is -0.878. The average Bonchev–Trinajstić information content (AvgIpc) is 2.88. The molecule has 2 aromatic rings. The Morgan fingerprint density at radius 3 is 2.59 bits per heavy atom. The van der Waals surface area contributed by atoms with Crippen LogP contribution >= 0.6 is 0 Å². The number of nitrogens with one attached hydrogen (secondary N) is 1. The van der Waals surface area contributed by atoms with E-state index in [1.165, 1.54) is 6.07 Å². The molecule has 3 rings (SSSR count). The Balaban J connectivity index is 1.82. The molecule has 1 atom stereocenters. The van der Waals surface area contributed by atoms with Crippen molar-refractivity contribution < 1.29 is 13.9 Å². The van der Waals surface area contributed by atoms with Gasteiger partial charge in [0.1, 0.15) is 5.82 Å². The number of aryl methyl sites for hydroxylation is 2. The largest absolute Gasteiger partial charge is 0.381 e. The second kappa shape index (κ2) is 7.80. The van der Waals surface area contributed by atoms with Gasteiger partial charge in [-0.1, -0.05) is 18.2 Å². The molecule has 0 radical (unpaired) electrons. The molecule has 1 N–H and O–H groups in total. The lowest BCUT2D eigenvalue weighted by molar-refractivity contribution is -0.131. The molecule has 1 saturated heterocycles. The Bertz CT molecular complexity index is 825. The number of ether oxygens (including phenoxy) is 1. The molecule has 0 unspecified atom stereocenters. The quantitative estimate of drug-likeness (QED) is 0.877. The molecular weight excluding hydrogens is 345 g/mol. The third kappa shape index (κ3) is 3.76. The summed E-state index contributed by atoms with van der Waals surface area (Å²) in [5, 5.41) is 7.57. The lowest BCUT2D eigenvalue weighted by atomic mass is 9.73. The molecular formula is C21H28FN3O2. The third-order valence-corrected chi connectivity index (χ3v) is 5.72. The van der Waals surface area contributed by atoms with Gasteiger partial charge < -0.3 is 10.1 Å². The molecule has 0 spiro atoms. The van der Waals surface area contributed by atoms with Gasteiger partial charge in [0.15, 0.2) is 0 Å². The summed E-state index contributed by atoms with van der Waals surface area (Å²) in [4.78, 5) is 13.3. The predicted octanol–water partition coefficient (Wildman–Crippen LogP) is 2.97. The maximum atomic E-state index is 14.5. The van der Waals surface area contributed by atoms with Crippen molar-refractivity contribution in [1.82, 2.24) is 15.1 Å². The standard InChI is InChI=1S/C21H28FN3O2/c1-14(13-17-15(2)24-25(4)16(17)3)23-20(26)21(9-11-27-12-10-21)18-7-5-6-8-19(18)22/h5-8,14H,9-13H2,1-4H3,(H,23,26)/t14-/m0/s1. The molecule has 1 aliphatic heterocycles. The van der Waals surface area contributed by atoms with Gasteiger partial charge in [-0.2, -0.15) is 5.10 Å². The van der Waals surface area contributed by atoms with Gasteiger partial charge in [-0.25, -0.2) is 4.39 Å².